The van der Waals surface area contributed by atoms with E-state index in [1.807, 2.05) is 0 Å². The topological polar surface area (TPSA) is 45.7 Å². The van der Waals surface area contributed by atoms with E-state index in [2.05, 4.69) is 36.4 Å². The van der Waals surface area contributed by atoms with Gasteiger partial charge >= 0.3 is 0 Å². The van der Waals surface area contributed by atoms with Gasteiger partial charge in [-0.2, -0.15) is 0 Å². The Morgan fingerprint density at radius 3 is 2.45 bits per heavy atom. The van der Waals surface area contributed by atoms with Crippen LogP contribution in [0.5, 0.6) is 5.75 Å². The molecule has 7 heteroatoms. The molecule has 0 aromatic heterocycles. The molecule has 126 valence electrons. The minimum Gasteiger partial charge on any atom is -0.492 e. The van der Waals surface area contributed by atoms with Gasteiger partial charge < -0.3 is 15.4 Å². The van der Waals surface area contributed by atoms with Crippen LogP contribution in [0, 0.1) is 17.6 Å². The first kappa shape index (κ1) is 20.9. The first-order valence-corrected chi connectivity index (χ1v) is 6.99. The molecule has 1 atom stereocenters. The summed E-state index contributed by atoms with van der Waals surface area (Å²) in [6, 6.07) is 3.77. The van der Waals surface area contributed by atoms with Gasteiger partial charge in [-0.3, -0.25) is 4.99 Å². The van der Waals surface area contributed by atoms with Crippen molar-refractivity contribution in [3.63, 3.8) is 0 Å². The van der Waals surface area contributed by atoms with Gasteiger partial charge in [0.2, 0.25) is 0 Å². The second kappa shape index (κ2) is 10.6. The SMILES string of the molecule is CN=C(NCCOc1ccc(F)c(F)c1)NC(C)C(C)C.I. The Morgan fingerprint density at radius 1 is 1.23 bits per heavy atom. The first-order chi connectivity index (χ1) is 9.93. The number of benzene rings is 1. The lowest BCUT2D eigenvalue weighted by atomic mass is 10.1. The highest BCUT2D eigenvalue weighted by molar-refractivity contribution is 14.0. The highest BCUT2D eigenvalue weighted by atomic mass is 127. The molecule has 0 bridgehead atoms. The van der Waals surface area contributed by atoms with Crippen LogP contribution in [0.1, 0.15) is 20.8 Å². The summed E-state index contributed by atoms with van der Waals surface area (Å²) >= 11 is 0. The number of hydrogen-bond acceptors (Lipinski definition) is 2. The van der Waals surface area contributed by atoms with E-state index in [9.17, 15) is 8.78 Å². The molecular formula is C15H24F2IN3O. The number of halogens is 3. The summed E-state index contributed by atoms with van der Waals surface area (Å²) in [6.07, 6.45) is 0. The van der Waals surface area contributed by atoms with E-state index in [0.29, 0.717) is 36.8 Å². The summed E-state index contributed by atoms with van der Waals surface area (Å²) in [6.45, 7) is 7.15. The molecule has 0 heterocycles. The maximum atomic E-state index is 13.0. The third-order valence-electron chi connectivity index (χ3n) is 3.14. The predicted octanol–water partition coefficient (Wildman–Crippen LogP) is 3.17. The third-order valence-corrected chi connectivity index (χ3v) is 3.14. The van der Waals surface area contributed by atoms with Gasteiger partial charge in [-0.05, 0) is 25.0 Å². The van der Waals surface area contributed by atoms with Crippen LogP contribution in [0.4, 0.5) is 8.78 Å². The van der Waals surface area contributed by atoms with Gasteiger partial charge in [-0.1, -0.05) is 13.8 Å². The Labute approximate surface area is 147 Å². The average molecular weight is 427 g/mol. The molecule has 0 saturated heterocycles. The van der Waals surface area contributed by atoms with Crippen molar-refractivity contribution < 1.29 is 13.5 Å². The molecular weight excluding hydrogens is 403 g/mol. The molecule has 0 radical (unpaired) electrons. The molecule has 1 aromatic rings. The average Bonchev–Trinajstić information content (AvgIpc) is 2.45. The Balaban J connectivity index is 0.00000441. The second-order valence-electron chi connectivity index (χ2n) is 5.10. The van der Waals surface area contributed by atoms with Crippen LogP contribution in [0.15, 0.2) is 23.2 Å². The Hall–Kier alpha value is -1.12. The number of ether oxygens (including phenoxy) is 1. The fraction of sp³-hybridized carbons (Fsp3) is 0.533. The number of nitrogens with zero attached hydrogens (tertiary/aromatic N) is 1. The van der Waals surface area contributed by atoms with Crippen LogP contribution in [-0.4, -0.2) is 32.2 Å². The quantitative estimate of drug-likeness (QED) is 0.317. The maximum Gasteiger partial charge on any atom is 0.191 e. The normalized spacial score (nSPS) is 12.6. The smallest absolute Gasteiger partial charge is 0.191 e. The number of hydrogen-bond donors (Lipinski definition) is 2. The standard InChI is InChI=1S/C15H23F2N3O.HI/c1-10(2)11(3)20-15(18-4)19-7-8-21-12-5-6-13(16)14(17)9-12;/h5-6,9-11H,7-8H2,1-4H3,(H2,18,19,20);1H. The van der Waals surface area contributed by atoms with Crippen LogP contribution in [-0.2, 0) is 0 Å². The molecule has 0 spiro atoms. The van der Waals surface area contributed by atoms with Crippen molar-refractivity contribution in [3.8, 4) is 5.75 Å². The summed E-state index contributed by atoms with van der Waals surface area (Å²) in [5, 5.41) is 6.35. The van der Waals surface area contributed by atoms with Crippen molar-refractivity contribution >= 4 is 29.9 Å². The summed E-state index contributed by atoms with van der Waals surface area (Å²) in [5.41, 5.74) is 0. The monoisotopic (exact) mass is 427 g/mol. The van der Waals surface area contributed by atoms with Gasteiger partial charge in [-0.15, -0.1) is 24.0 Å². The van der Waals surface area contributed by atoms with E-state index in [1.54, 1.807) is 7.05 Å². The van der Waals surface area contributed by atoms with Crippen molar-refractivity contribution in [1.82, 2.24) is 10.6 Å². The Morgan fingerprint density at radius 2 is 1.91 bits per heavy atom. The van der Waals surface area contributed by atoms with Crippen LogP contribution in [0.3, 0.4) is 0 Å². The summed E-state index contributed by atoms with van der Waals surface area (Å²) in [5.74, 6) is -0.322. The lowest BCUT2D eigenvalue weighted by Gasteiger charge is -2.20. The van der Waals surface area contributed by atoms with E-state index in [4.69, 9.17) is 4.74 Å². The van der Waals surface area contributed by atoms with Gasteiger partial charge in [0.1, 0.15) is 12.4 Å². The summed E-state index contributed by atoms with van der Waals surface area (Å²) in [4.78, 5) is 4.11. The third kappa shape index (κ3) is 7.24. The molecule has 0 fully saturated rings. The molecule has 1 unspecified atom stereocenters. The lowest BCUT2D eigenvalue weighted by Crippen LogP contribution is -2.45. The number of guanidine groups is 1. The summed E-state index contributed by atoms with van der Waals surface area (Å²) < 4.78 is 31.1. The zero-order chi connectivity index (χ0) is 15.8. The molecule has 1 rings (SSSR count). The van der Waals surface area contributed by atoms with E-state index in [1.165, 1.54) is 6.07 Å². The number of aliphatic imine (C=N–C) groups is 1. The van der Waals surface area contributed by atoms with E-state index >= 15 is 0 Å². The van der Waals surface area contributed by atoms with Crippen LogP contribution >= 0.6 is 24.0 Å². The molecule has 1 aromatic carbocycles. The predicted molar refractivity (Wildman–Crippen MR) is 96.1 cm³/mol. The van der Waals surface area contributed by atoms with Crippen molar-refractivity contribution in [2.45, 2.75) is 26.8 Å². The van der Waals surface area contributed by atoms with Crippen molar-refractivity contribution in [2.24, 2.45) is 10.9 Å². The van der Waals surface area contributed by atoms with Crippen LogP contribution in [0.2, 0.25) is 0 Å². The number of rotatable bonds is 6. The van der Waals surface area contributed by atoms with Crippen molar-refractivity contribution in [3.05, 3.63) is 29.8 Å². The molecule has 0 aliphatic carbocycles. The molecule has 0 amide bonds. The minimum absolute atomic E-state index is 0. The van der Waals surface area contributed by atoms with Gasteiger partial charge in [0.05, 0.1) is 6.54 Å². The zero-order valence-corrected chi connectivity index (χ0v) is 15.7. The lowest BCUT2D eigenvalue weighted by molar-refractivity contribution is 0.318. The second-order valence-corrected chi connectivity index (χ2v) is 5.10. The molecule has 22 heavy (non-hydrogen) atoms. The minimum atomic E-state index is -0.913. The van der Waals surface area contributed by atoms with Gasteiger partial charge in [-0.25, -0.2) is 8.78 Å². The van der Waals surface area contributed by atoms with Gasteiger partial charge in [0, 0.05) is 19.2 Å². The molecule has 0 aliphatic heterocycles. The number of nitrogens with one attached hydrogen (secondary N) is 2. The maximum absolute atomic E-state index is 13.0. The molecule has 4 nitrogen and oxygen atoms in total. The summed E-state index contributed by atoms with van der Waals surface area (Å²) in [7, 11) is 1.69. The van der Waals surface area contributed by atoms with E-state index in [0.717, 1.165) is 12.1 Å². The van der Waals surface area contributed by atoms with Crippen molar-refractivity contribution in [2.75, 3.05) is 20.2 Å². The highest BCUT2D eigenvalue weighted by Crippen LogP contribution is 2.14. The highest BCUT2D eigenvalue weighted by Gasteiger charge is 2.08. The largest absolute Gasteiger partial charge is 0.492 e. The first-order valence-electron chi connectivity index (χ1n) is 6.99. The van der Waals surface area contributed by atoms with Gasteiger partial charge in [0.25, 0.3) is 0 Å². The fourth-order valence-corrected chi connectivity index (χ4v) is 1.48. The van der Waals surface area contributed by atoms with Crippen molar-refractivity contribution in [1.29, 1.82) is 0 Å². The fourth-order valence-electron chi connectivity index (χ4n) is 1.48. The molecule has 0 aliphatic rings. The Kier molecular flexibility index (Phi) is 10.0. The van der Waals surface area contributed by atoms with Gasteiger partial charge in [0.15, 0.2) is 17.6 Å². The van der Waals surface area contributed by atoms with E-state index < -0.39 is 11.6 Å². The van der Waals surface area contributed by atoms with Crippen LogP contribution < -0.4 is 15.4 Å². The zero-order valence-electron chi connectivity index (χ0n) is 13.3. The molecule has 2 N–H and O–H groups in total. The molecule has 0 saturated carbocycles. The van der Waals surface area contributed by atoms with Crippen LogP contribution in [0.25, 0.3) is 0 Å². The Bertz CT molecular complexity index is 484. The van der Waals surface area contributed by atoms with E-state index in [-0.39, 0.29) is 24.0 Å².